The van der Waals surface area contributed by atoms with E-state index in [2.05, 4.69) is 12.2 Å². The molecule has 0 spiro atoms. The number of nitrogens with two attached hydrogens (primary N) is 1. The van der Waals surface area contributed by atoms with Gasteiger partial charge in [0.25, 0.3) is 0 Å². The van der Waals surface area contributed by atoms with Gasteiger partial charge in [-0.15, -0.1) is 0 Å². The first-order valence-electron chi connectivity index (χ1n) is 7.07. The average molecular weight is 238 g/mol. The zero-order valence-corrected chi connectivity index (χ0v) is 11.1. The van der Waals surface area contributed by atoms with Crippen LogP contribution >= 0.6 is 0 Å². The highest BCUT2D eigenvalue weighted by Crippen LogP contribution is 2.36. The van der Waals surface area contributed by atoms with Gasteiger partial charge in [-0.05, 0) is 31.1 Å². The van der Waals surface area contributed by atoms with Gasteiger partial charge in [0.05, 0.1) is 0 Å². The van der Waals surface area contributed by atoms with Gasteiger partial charge in [-0.2, -0.15) is 0 Å². The molecule has 0 heterocycles. The van der Waals surface area contributed by atoms with E-state index in [1.807, 2.05) is 0 Å². The first-order valence-corrected chi connectivity index (χ1v) is 7.07. The molecule has 0 aromatic carbocycles. The molecule has 0 aromatic rings. The Bertz CT molecular complexity index is 276. The molecule has 0 aliphatic heterocycles. The number of hydrogen-bond acceptors (Lipinski definition) is 2. The molecule has 98 valence electrons. The normalized spacial score (nSPS) is 26.0. The molecule has 0 radical (unpaired) electrons. The van der Waals surface area contributed by atoms with Crippen molar-refractivity contribution in [3.8, 4) is 0 Å². The van der Waals surface area contributed by atoms with Crippen LogP contribution in [0.1, 0.15) is 64.7 Å². The summed E-state index contributed by atoms with van der Waals surface area (Å²) in [7, 11) is 0. The second kappa shape index (κ2) is 4.97. The summed E-state index contributed by atoms with van der Waals surface area (Å²) >= 11 is 0. The lowest BCUT2D eigenvalue weighted by molar-refractivity contribution is -0.122. The molecule has 3 nitrogen and oxygen atoms in total. The minimum Gasteiger partial charge on any atom is -0.355 e. The zero-order valence-electron chi connectivity index (χ0n) is 11.1. The van der Waals surface area contributed by atoms with Crippen LogP contribution in [0.25, 0.3) is 0 Å². The molecule has 2 aliphatic rings. The third-order valence-electron chi connectivity index (χ3n) is 4.63. The van der Waals surface area contributed by atoms with E-state index in [0.717, 1.165) is 19.4 Å². The molecule has 1 amide bonds. The maximum atomic E-state index is 11.9. The summed E-state index contributed by atoms with van der Waals surface area (Å²) < 4.78 is 0. The number of carbonyl (C=O) groups is 1. The topological polar surface area (TPSA) is 55.1 Å². The maximum Gasteiger partial charge on any atom is 0.221 e. The van der Waals surface area contributed by atoms with E-state index in [1.165, 1.54) is 38.5 Å². The van der Waals surface area contributed by atoms with Gasteiger partial charge in [-0.3, -0.25) is 4.79 Å². The third-order valence-corrected chi connectivity index (χ3v) is 4.63. The van der Waals surface area contributed by atoms with Crippen LogP contribution in [0.15, 0.2) is 0 Å². The molecule has 2 aliphatic carbocycles. The predicted molar refractivity (Wildman–Crippen MR) is 69.6 cm³/mol. The van der Waals surface area contributed by atoms with Gasteiger partial charge < -0.3 is 11.1 Å². The van der Waals surface area contributed by atoms with Crippen molar-refractivity contribution in [1.82, 2.24) is 5.32 Å². The van der Waals surface area contributed by atoms with Crippen molar-refractivity contribution in [1.29, 1.82) is 0 Å². The van der Waals surface area contributed by atoms with E-state index in [4.69, 9.17) is 5.73 Å². The fourth-order valence-corrected chi connectivity index (χ4v) is 3.36. The van der Waals surface area contributed by atoms with Gasteiger partial charge >= 0.3 is 0 Å². The summed E-state index contributed by atoms with van der Waals surface area (Å²) in [5.41, 5.74) is 6.35. The molecule has 2 rings (SSSR count). The lowest BCUT2D eigenvalue weighted by Crippen LogP contribution is -2.44. The van der Waals surface area contributed by atoms with Crippen molar-refractivity contribution in [2.75, 3.05) is 6.54 Å². The Balaban J connectivity index is 1.74. The van der Waals surface area contributed by atoms with Crippen molar-refractivity contribution >= 4 is 5.91 Å². The van der Waals surface area contributed by atoms with E-state index >= 15 is 0 Å². The Labute approximate surface area is 105 Å². The highest BCUT2D eigenvalue weighted by molar-refractivity contribution is 5.77. The first kappa shape index (κ1) is 12.9. The van der Waals surface area contributed by atoms with E-state index in [9.17, 15) is 4.79 Å². The van der Waals surface area contributed by atoms with E-state index in [-0.39, 0.29) is 11.4 Å². The molecule has 2 saturated carbocycles. The van der Waals surface area contributed by atoms with Gasteiger partial charge in [0.15, 0.2) is 0 Å². The lowest BCUT2D eigenvalue weighted by Gasteiger charge is -2.26. The summed E-state index contributed by atoms with van der Waals surface area (Å²) in [6, 6.07) is 0. The van der Waals surface area contributed by atoms with Crippen LogP contribution in [0, 0.1) is 5.41 Å². The smallest absolute Gasteiger partial charge is 0.221 e. The number of hydrogen-bond donors (Lipinski definition) is 2. The zero-order chi connectivity index (χ0) is 12.4. The minimum absolute atomic E-state index is 0.155. The second-order valence-corrected chi connectivity index (χ2v) is 6.54. The molecule has 0 saturated heterocycles. The largest absolute Gasteiger partial charge is 0.355 e. The van der Waals surface area contributed by atoms with Crippen molar-refractivity contribution in [2.24, 2.45) is 11.1 Å². The Morgan fingerprint density at radius 3 is 2.24 bits per heavy atom. The molecule has 0 aromatic heterocycles. The van der Waals surface area contributed by atoms with Crippen LogP contribution in [0.4, 0.5) is 0 Å². The molecular formula is C14H26N2O. The number of rotatable bonds is 4. The standard InChI is InChI=1S/C14H26N2O/c1-13(6-2-3-7-13)11-16-12(17)10-14(15)8-4-5-9-14/h2-11,15H2,1H3,(H,16,17). The summed E-state index contributed by atoms with van der Waals surface area (Å²) in [5.74, 6) is 0.155. The Morgan fingerprint density at radius 2 is 1.65 bits per heavy atom. The highest BCUT2D eigenvalue weighted by atomic mass is 16.1. The Kier molecular flexibility index (Phi) is 3.76. The average Bonchev–Trinajstić information content (AvgIpc) is 2.86. The highest BCUT2D eigenvalue weighted by Gasteiger charge is 2.33. The Hall–Kier alpha value is -0.570. The van der Waals surface area contributed by atoms with Crippen molar-refractivity contribution in [3.05, 3.63) is 0 Å². The monoisotopic (exact) mass is 238 g/mol. The van der Waals surface area contributed by atoms with Crippen LogP contribution in [0.2, 0.25) is 0 Å². The van der Waals surface area contributed by atoms with Crippen LogP contribution in [-0.4, -0.2) is 18.0 Å². The van der Waals surface area contributed by atoms with E-state index in [1.54, 1.807) is 0 Å². The van der Waals surface area contributed by atoms with Crippen molar-refractivity contribution in [3.63, 3.8) is 0 Å². The lowest BCUT2D eigenvalue weighted by atomic mass is 9.88. The van der Waals surface area contributed by atoms with Crippen molar-refractivity contribution < 1.29 is 4.79 Å². The quantitative estimate of drug-likeness (QED) is 0.790. The molecule has 2 fully saturated rings. The number of carbonyl (C=O) groups excluding carboxylic acids is 1. The summed E-state index contributed by atoms with van der Waals surface area (Å²) in [6.07, 6.45) is 10.0. The molecule has 0 unspecified atom stereocenters. The van der Waals surface area contributed by atoms with Crippen LogP contribution in [-0.2, 0) is 4.79 Å². The molecule has 0 bridgehead atoms. The van der Waals surface area contributed by atoms with Gasteiger partial charge in [-0.25, -0.2) is 0 Å². The van der Waals surface area contributed by atoms with Gasteiger partial charge in [0.2, 0.25) is 5.91 Å². The predicted octanol–water partition coefficient (Wildman–Crippen LogP) is 2.34. The summed E-state index contributed by atoms with van der Waals surface area (Å²) in [5, 5.41) is 3.10. The molecule has 17 heavy (non-hydrogen) atoms. The first-order chi connectivity index (χ1) is 8.02. The van der Waals surface area contributed by atoms with Gasteiger partial charge in [0.1, 0.15) is 0 Å². The maximum absolute atomic E-state index is 11.9. The fraction of sp³-hybridized carbons (Fsp3) is 0.929. The molecule has 0 atom stereocenters. The molecular weight excluding hydrogens is 212 g/mol. The van der Waals surface area contributed by atoms with Crippen LogP contribution in [0.3, 0.4) is 0 Å². The Morgan fingerprint density at radius 1 is 1.12 bits per heavy atom. The SMILES string of the molecule is CC1(CNC(=O)CC2(N)CCCC2)CCCC1. The molecule has 3 N–H and O–H groups in total. The minimum atomic E-state index is -0.208. The van der Waals surface area contributed by atoms with E-state index in [0.29, 0.717) is 11.8 Å². The van der Waals surface area contributed by atoms with E-state index < -0.39 is 0 Å². The number of amides is 1. The van der Waals surface area contributed by atoms with Gasteiger partial charge in [0, 0.05) is 18.5 Å². The fourth-order valence-electron chi connectivity index (χ4n) is 3.36. The van der Waals surface area contributed by atoms with Crippen LogP contribution in [0.5, 0.6) is 0 Å². The summed E-state index contributed by atoms with van der Waals surface area (Å²) in [4.78, 5) is 11.9. The third kappa shape index (κ3) is 3.44. The van der Waals surface area contributed by atoms with Crippen LogP contribution < -0.4 is 11.1 Å². The molecule has 3 heteroatoms. The second-order valence-electron chi connectivity index (χ2n) is 6.54. The number of nitrogens with one attached hydrogen (secondary N) is 1. The van der Waals surface area contributed by atoms with Gasteiger partial charge in [-0.1, -0.05) is 32.6 Å². The summed E-state index contributed by atoms with van der Waals surface area (Å²) in [6.45, 7) is 3.12. The van der Waals surface area contributed by atoms with Crippen molar-refractivity contribution in [2.45, 2.75) is 70.3 Å².